The standard InChI is InChI=1S/C18H16N4O/c19-21-20-17-16(12-11-14-7-3-1-4-8-14)22(18(17)23)13-15-9-5-2-6-10-15/h1-12,16-17H,13H2/b12-11+/t16-,17+/m1/s1. The van der Waals surface area contributed by atoms with Crippen LogP contribution in [0.3, 0.4) is 0 Å². The van der Waals surface area contributed by atoms with Crippen LogP contribution in [0.15, 0.2) is 71.9 Å². The Labute approximate surface area is 134 Å². The molecule has 1 heterocycles. The summed E-state index contributed by atoms with van der Waals surface area (Å²) in [6.45, 7) is 0.515. The van der Waals surface area contributed by atoms with Crippen molar-refractivity contribution in [2.24, 2.45) is 5.11 Å². The maximum atomic E-state index is 12.2. The molecule has 5 nitrogen and oxygen atoms in total. The summed E-state index contributed by atoms with van der Waals surface area (Å²) < 4.78 is 0. The van der Waals surface area contributed by atoms with Crippen LogP contribution in [-0.4, -0.2) is 22.9 Å². The van der Waals surface area contributed by atoms with Gasteiger partial charge >= 0.3 is 0 Å². The van der Waals surface area contributed by atoms with Gasteiger partial charge in [-0.15, -0.1) is 0 Å². The van der Waals surface area contributed by atoms with Crippen LogP contribution in [0.4, 0.5) is 0 Å². The molecule has 0 spiro atoms. The summed E-state index contributed by atoms with van der Waals surface area (Å²) in [4.78, 5) is 16.7. The van der Waals surface area contributed by atoms with Crippen molar-refractivity contribution in [1.82, 2.24) is 4.90 Å². The average Bonchev–Trinajstić information content (AvgIpc) is 2.61. The Kier molecular flexibility index (Phi) is 4.41. The molecule has 1 aliphatic heterocycles. The van der Waals surface area contributed by atoms with E-state index in [2.05, 4.69) is 10.0 Å². The lowest BCUT2D eigenvalue weighted by Gasteiger charge is -2.43. The number of β-lactam (4-membered cyclic amide) rings is 1. The quantitative estimate of drug-likeness (QED) is 0.358. The molecule has 0 unspecified atom stereocenters. The molecule has 0 radical (unpaired) electrons. The lowest BCUT2D eigenvalue weighted by molar-refractivity contribution is -0.147. The molecule has 2 aromatic rings. The van der Waals surface area contributed by atoms with Crippen molar-refractivity contribution in [2.75, 3.05) is 0 Å². The van der Waals surface area contributed by atoms with E-state index in [0.717, 1.165) is 11.1 Å². The number of hydrogen-bond donors (Lipinski definition) is 0. The number of likely N-dealkylation sites (tertiary alicyclic amines) is 1. The monoisotopic (exact) mass is 304 g/mol. The smallest absolute Gasteiger partial charge is 0.234 e. The van der Waals surface area contributed by atoms with Crippen LogP contribution in [0.2, 0.25) is 0 Å². The van der Waals surface area contributed by atoms with E-state index in [1.165, 1.54) is 0 Å². The van der Waals surface area contributed by atoms with E-state index in [4.69, 9.17) is 5.53 Å². The number of carbonyl (C=O) groups excluding carboxylic acids is 1. The summed E-state index contributed by atoms with van der Waals surface area (Å²) >= 11 is 0. The molecule has 1 fully saturated rings. The highest BCUT2D eigenvalue weighted by Crippen LogP contribution is 2.27. The van der Waals surface area contributed by atoms with Gasteiger partial charge in [-0.05, 0) is 16.7 Å². The second-order valence-corrected chi connectivity index (χ2v) is 5.36. The van der Waals surface area contributed by atoms with Gasteiger partial charge in [0.2, 0.25) is 5.91 Å². The van der Waals surface area contributed by atoms with Gasteiger partial charge < -0.3 is 4.90 Å². The number of hydrogen-bond acceptors (Lipinski definition) is 2. The number of azide groups is 1. The molecular weight excluding hydrogens is 288 g/mol. The predicted molar refractivity (Wildman–Crippen MR) is 89.2 cm³/mol. The SMILES string of the molecule is [N-]=[N+]=N[C@@H]1C(=O)N(Cc2ccccc2)[C@@H]1/C=C/c1ccccc1. The number of nitrogens with zero attached hydrogens (tertiary/aromatic N) is 4. The van der Waals surface area contributed by atoms with Crippen molar-refractivity contribution in [3.63, 3.8) is 0 Å². The Bertz CT molecular complexity index is 751. The Morgan fingerprint density at radius 3 is 2.39 bits per heavy atom. The summed E-state index contributed by atoms with van der Waals surface area (Å²) in [5.41, 5.74) is 10.8. The van der Waals surface area contributed by atoms with E-state index in [-0.39, 0.29) is 11.9 Å². The van der Waals surface area contributed by atoms with Gasteiger partial charge in [-0.1, -0.05) is 77.9 Å². The van der Waals surface area contributed by atoms with Crippen molar-refractivity contribution in [2.45, 2.75) is 18.6 Å². The Balaban J connectivity index is 1.79. The highest BCUT2D eigenvalue weighted by atomic mass is 16.2. The topological polar surface area (TPSA) is 69.1 Å². The van der Waals surface area contributed by atoms with E-state index >= 15 is 0 Å². The van der Waals surface area contributed by atoms with E-state index in [1.54, 1.807) is 4.90 Å². The highest BCUT2D eigenvalue weighted by molar-refractivity contribution is 5.90. The molecule has 0 bridgehead atoms. The number of carbonyl (C=O) groups is 1. The largest absolute Gasteiger partial charge is 0.331 e. The molecule has 1 saturated heterocycles. The van der Waals surface area contributed by atoms with Gasteiger partial charge in [0, 0.05) is 11.5 Å². The van der Waals surface area contributed by atoms with Crippen LogP contribution in [0, 0.1) is 0 Å². The molecule has 0 saturated carbocycles. The van der Waals surface area contributed by atoms with Crippen molar-refractivity contribution in [1.29, 1.82) is 0 Å². The molecule has 3 rings (SSSR count). The second kappa shape index (κ2) is 6.81. The lowest BCUT2D eigenvalue weighted by atomic mass is 9.93. The zero-order chi connectivity index (χ0) is 16.1. The van der Waals surface area contributed by atoms with Crippen molar-refractivity contribution < 1.29 is 4.79 Å². The molecule has 0 aromatic heterocycles. The third kappa shape index (κ3) is 3.25. The van der Waals surface area contributed by atoms with Crippen LogP contribution in [0.25, 0.3) is 16.5 Å². The van der Waals surface area contributed by atoms with E-state index < -0.39 is 6.04 Å². The molecule has 5 heteroatoms. The van der Waals surface area contributed by atoms with Crippen LogP contribution in [0.5, 0.6) is 0 Å². The zero-order valence-electron chi connectivity index (χ0n) is 12.5. The summed E-state index contributed by atoms with van der Waals surface area (Å²) in [7, 11) is 0. The minimum absolute atomic E-state index is 0.130. The fourth-order valence-electron chi connectivity index (χ4n) is 2.67. The van der Waals surface area contributed by atoms with E-state index in [0.29, 0.717) is 6.54 Å². The van der Waals surface area contributed by atoms with E-state index in [9.17, 15) is 4.79 Å². The average molecular weight is 304 g/mol. The molecule has 1 amide bonds. The lowest BCUT2D eigenvalue weighted by Crippen LogP contribution is -2.62. The molecule has 114 valence electrons. The van der Waals surface area contributed by atoms with Gasteiger partial charge in [-0.25, -0.2) is 0 Å². The minimum Gasteiger partial charge on any atom is -0.331 e. The molecule has 2 aromatic carbocycles. The summed E-state index contributed by atoms with van der Waals surface area (Å²) in [5.74, 6) is -0.130. The van der Waals surface area contributed by atoms with E-state index in [1.807, 2.05) is 72.8 Å². The fourth-order valence-corrected chi connectivity index (χ4v) is 2.67. The van der Waals surface area contributed by atoms with Gasteiger partial charge in [0.05, 0.1) is 6.04 Å². The maximum absolute atomic E-state index is 12.2. The first-order valence-corrected chi connectivity index (χ1v) is 7.41. The Hall–Kier alpha value is -3.04. The first-order valence-electron chi connectivity index (χ1n) is 7.41. The zero-order valence-corrected chi connectivity index (χ0v) is 12.5. The molecule has 0 N–H and O–H groups in total. The Morgan fingerprint density at radius 1 is 1.09 bits per heavy atom. The van der Waals surface area contributed by atoms with Crippen molar-refractivity contribution in [3.8, 4) is 0 Å². The van der Waals surface area contributed by atoms with Crippen LogP contribution >= 0.6 is 0 Å². The van der Waals surface area contributed by atoms with Crippen LogP contribution < -0.4 is 0 Å². The van der Waals surface area contributed by atoms with Gasteiger partial charge in [-0.3, -0.25) is 4.79 Å². The summed E-state index contributed by atoms with van der Waals surface area (Å²) in [6, 6.07) is 18.8. The van der Waals surface area contributed by atoms with Crippen LogP contribution in [0.1, 0.15) is 11.1 Å². The summed E-state index contributed by atoms with van der Waals surface area (Å²) in [6.07, 6.45) is 3.88. The fraction of sp³-hybridized carbons (Fsp3) is 0.167. The minimum atomic E-state index is -0.649. The van der Waals surface area contributed by atoms with Gasteiger partial charge in [0.15, 0.2) is 0 Å². The second-order valence-electron chi connectivity index (χ2n) is 5.36. The van der Waals surface area contributed by atoms with Gasteiger partial charge in [-0.2, -0.15) is 0 Å². The number of benzene rings is 2. The van der Waals surface area contributed by atoms with Gasteiger partial charge in [0.1, 0.15) is 6.04 Å². The number of rotatable bonds is 5. The maximum Gasteiger partial charge on any atom is 0.234 e. The van der Waals surface area contributed by atoms with Gasteiger partial charge in [0.25, 0.3) is 0 Å². The molecular formula is C18H16N4O. The van der Waals surface area contributed by atoms with Crippen molar-refractivity contribution in [3.05, 3.63) is 88.3 Å². The first-order chi connectivity index (χ1) is 11.3. The van der Waals surface area contributed by atoms with Crippen LogP contribution in [-0.2, 0) is 11.3 Å². The molecule has 2 atom stereocenters. The third-order valence-corrected chi connectivity index (χ3v) is 3.88. The number of amides is 1. The first kappa shape index (κ1) is 14.9. The third-order valence-electron chi connectivity index (χ3n) is 3.88. The van der Waals surface area contributed by atoms with Crippen molar-refractivity contribution >= 4 is 12.0 Å². The summed E-state index contributed by atoms with van der Waals surface area (Å²) in [5, 5.41) is 3.63. The normalized spacial score (nSPS) is 20.2. The molecule has 1 aliphatic rings. The predicted octanol–water partition coefficient (Wildman–Crippen LogP) is 3.79. The molecule has 23 heavy (non-hydrogen) atoms. The highest BCUT2D eigenvalue weighted by Gasteiger charge is 2.44. The molecule has 0 aliphatic carbocycles. The Morgan fingerprint density at radius 2 is 1.74 bits per heavy atom.